The van der Waals surface area contributed by atoms with Gasteiger partial charge in [0, 0.05) is 44.0 Å². The zero-order valence-electron chi connectivity index (χ0n) is 29.7. The minimum Gasteiger partial charge on any atom is -0.310 e. The lowest BCUT2D eigenvalue weighted by Crippen LogP contribution is -2.16. The van der Waals surface area contributed by atoms with Crippen molar-refractivity contribution in [3.05, 3.63) is 193 Å². The van der Waals surface area contributed by atoms with Crippen LogP contribution in [0.5, 0.6) is 0 Å². The highest BCUT2D eigenvalue weighted by Gasteiger charge is 2.35. The van der Waals surface area contributed by atoms with Crippen LogP contribution < -0.4 is 4.90 Å². The zero-order valence-corrected chi connectivity index (χ0v) is 29.7. The lowest BCUT2D eigenvalue weighted by Gasteiger charge is -2.28. The van der Waals surface area contributed by atoms with Gasteiger partial charge in [0.25, 0.3) is 0 Å². The summed E-state index contributed by atoms with van der Waals surface area (Å²) in [7, 11) is 0. The Morgan fingerprint density at radius 1 is 0.377 bits per heavy atom. The Balaban J connectivity index is 1.06. The predicted molar refractivity (Wildman–Crippen MR) is 224 cm³/mol. The van der Waals surface area contributed by atoms with Crippen LogP contribution in [0, 0.1) is 0 Å². The summed E-state index contributed by atoms with van der Waals surface area (Å²) in [6, 6.07) is 67.1. The van der Waals surface area contributed by atoms with E-state index >= 15 is 0 Å². The number of fused-ring (bicyclic) bond motifs is 9. The molecule has 0 bridgehead atoms. The molecular formula is C51H36N2. The monoisotopic (exact) mass is 676 g/mol. The summed E-state index contributed by atoms with van der Waals surface area (Å²) >= 11 is 0. The Hall–Kier alpha value is -6.64. The van der Waals surface area contributed by atoms with Crippen LogP contribution >= 0.6 is 0 Å². The summed E-state index contributed by atoms with van der Waals surface area (Å²) in [5.74, 6) is 0. The Morgan fingerprint density at radius 2 is 0.962 bits per heavy atom. The van der Waals surface area contributed by atoms with E-state index in [1.54, 1.807) is 0 Å². The third-order valence-electron chi connectivity index (χ3n) is 11.7. The van der Waals surface area contributed by atoms with Gasteiger partial charge in [-0.05, 0) is 99.1 Å². The molecule has 0 unspecified atom stereocenters. The minimum absolute atomic E-state index is 0.0931. The fourth-order valence-electron chi connectivity index (χ4n) is 9.15. The van der Waals surface area contributed by atoms with E-state index in [-0.39, 0.29) is 5.41 Å². The van der Waals surface area contributed by atoms with E-state index in [4.69, 9.17) is 0 Å². The fourth-order valence-corrected chi connectivity index (χ4v) is 9.15. The quantitative estimate of drug-likeness (QED) is 0.176. The van der Waals surface area contributed by atoms with Crippen molar-refractivity contribution in [1.29, 1.82) is 0 Å². The van der Waals surface area contributed by atoms with Crippen molar-refractivity contribution in [1.82, 2.24) is 4.40 Å². The largest absolute Gasteiger partial charge is 0.310 e. The molecule has 1 aliphatic rings. The molecule has 250 valence electrons. The molecule has 8 aromatic carbocycles. The first-order valence-electron chi connectivity index (χ1n) is 18.5. The molecule has 0 aliphatic heterocycles. The van der Waals surface area contributed by atoms with Crippen LogP contribution in [-0.2, 0) is 5.41 Å². The summed E-state index contributed by atoms with van der Waals surface area (Å²) < 4.78 is 2.45. The van der Waals surface area contributed by atoms with E-state index in [9.17, 15) is 0 Å². The second kappa shape index (κ2) is 11.2. The van der Waals surface area contributed by atoms with E-state index in [2.05, 4.69) is 205 Å². The molecule has 53 heavy (non-hydrogen) atoms. The molecule has 0 atom stereocenters. The molecule has 0 radical (unpaired) electrons. The Labute approximate surface area is 309 Å². The predicted octanol–water partition coefficient (Wildman–Crippen LogP) is 13.9. The SMILES string of the molecule is CC1(C)c2ccccc2-c2ccc(N(c3ccc(-c4ccccc4)cc3)c3cccc(-c4ccc5c(c4)c4cccc6c7ccccc7n5c64)c3)cc21. The molecular weight excluding hydrogens is 641 g/mol. The molecule has 11 rings (SSSR count). The molecule has 2 heteroatoms. The molecule has 0 saturated heterocycles. The number of hydrogen-bond acceptors (Lipinski definition) is 1. The highest BCUT2D eigenvalue weighted by Crippen LogP contribution is 2.51. The van der Waals surface area contributed by atoms with Gasteiger partial charge in [0.2, 0.25) is 0 Å². The lowest BCUT2D eigenvalue weighted by molar-refractivity contribution is 0.660. The van der Waals surface area contributed by atoms with Crippen molar-refractivity contribution in [2.75, 3.05) is 4.90 Å². The number of hydrogen-bond donors (Lipinski definition) is 0. The maximum atomic E-state index is 2.45. The fraction of sp³-hybridized carbons (Fsp3) is 0.0588. The van der Waals surface area contributed by atoms with Crippen molar-refractivity contribution in [2.24, 2.45) is 0 Å². The number of anilines is 3. The third kappa shape index (κ3) is 4.39. The van der Waals surface area contributed by atoms with Crippen LogP contribution in [0.3, 0.4) is 0 Å². The highest BCUT2D eigenvalue weighted by atomic mass is 15.1. The molecule has 0 fully saturated rings. The Bertz CT molecular complexity index is 3020. The van der Waals surface area contributed by atoms with E-state index in [0.717, 1.165) is 17.1 Å². The summed E-state index contributed by atoms with van der Waals surface area (Å²) in [6.45, 7) is 4.71. The van der Waals surface area contributed by atoms with Gasteiger partial charge in [-0.3, -0.25) is 0 Å². The van der Waals surface area contributed by atoms with Crippen molar-refractivity contribution < 1.29 is 0 Å². The Kier molecular flexibility index (Phi) is 6.33. The maximum Gasteiger partial charge on any atom is 0.0620 e. The normalized spacial score (nSPS) is 13.2. The molecule has 0 saturated carbocycles. The van der Waals surface area contributed by atoms with Gasteiger partial charge in [0.15, 0.2) is 0 Å². The molecule has 1 aliphatic carbocycles. The molecule has 2 nitrogen and oxygen atoms in total. The van der Waals surface area contributed by atoms with Crippen molar-refractivity contribution in [3.8, 4) is 33.4 Å². The van der Waals surface area contributed by atoms with Crippen molar-refractivity contribution in [3.63, 3.8) is 0 Å². The molecule has 0 N–H and O–H groups in total. The number of rotatable bonds is 5. The topological polar surface area (TPSA) is 7.65 Å². The van der Waals surface area contributed by atoms with Crippen molar-refractivity contribution in [2.45, 2.75) is 19.3 Å². The van der Waals surface area contributed by atoms with Crippen LogP contribution in [-0.4, -0.2) is 4.40 Å². The number of benzene rings is 8. The first kappa shape index (κ1) is 30.0. The average Bonchev–Trinajstić information content (AvgIpc) is 3.81. The van der Waals surface area contributed by atoms with Gasteiger partial charge in [0.1, 0.15) is 0 Å². The summed E-state index contributed by atoms with van der Waals surface area (Å²) in [5, 5.41) is 5.21. The van der Waals surface area contributed by atoms with Gasteiger partial charge in [-0.2, -0.15) is 0 Å². The molecule has 0 spiro atoms. The third-order valence-corrected chi connectivity index (χ3v) is 11.7. The van der Waals surface area contributed by atoms with Crippen LogP contribution in [0.25, 0.3) is 71.5 Å². The van der Waals surface area contributed by atoms with Gasteiger partial charge < -0.3 is 9.30 Å². The first-order chi connectivity index (χ1) is 26.0. The standard InChI is InChI=1S/C51H36N2/c1-51(2)46-20-8-6-16-40(46)41-28-27-39(32-47(41)51)52(37-25-22-34(23-26-37)33-12-4-3-5-13-33)38-15-10-14-35(30-38)36-24-29-49-45(31-36)44-19-11-18-43-42-17-7-9-21-48(42)53(49)50(43)44/h3-32H,1-2H3. The highest BCUT2D eigenvalue weighted by molar-refractivity contribution is 6.23. The second-order valence-corrected chi connectivity index (χ2v) is 15.0. The molecule has 2 aromatic heterocycles. The minimum atomic E-state index is -0.0931. The van der Waals surface area contributed by atoms with Gasteiger partial charge in [-0.15, -0.1) is 0 Å². The van der Waals surface area contributed by atoms with E-state index in [0.29, 0.717) is 0 Å². The van der Waals surface area contributed by atoms with Gasteiger partial charge in [-0.25, -0.2) is 0 Å². The second-order valence-electron chi connectivity index (χ2n) is 15.0. The Morgan fingerprint density at radius 3 is 1.83 bits per heavy atom. The average molecular weight is 677 g/mol. The lowest BCUT2D eigenvalue weighted by atomic mass is 9.82. The number of para-hydroxylation sites is 2. The van der Waals surface area contributed by atoms with E-state index in [1.807, 2.05) is 0 Å². The van der Waals surface area contributed by atoms with Gasteiger partial charge >= 0.3 is 0 Å². The molecule has 10 aromatic rings. The van der Waals surface area contributed by atoms with Crippen LogP contribution in [0.4, 0.5) is 17.1 Å². The zero-order chi connectivity index (χ0) is 35.3. The van der Waals surface area contributed by atoms with Gasteiger partial charge in [-0.1, -0.05) is 141 Å². The smallest absolute Gasteiger partial charge is 0.0620 e. The van der Waals surface area contributed by atoms with Crippen molar-refractivity contribution >= 4 is 55.2 Å². The molecule has 2 heterocycles. The first-order valence-corrected chi connectivity index (χ1v) is 18.5. The van der Waals surface area contributed by atoms with Crippen LogP contribution in [0.15, 0.2) is 182 Å². The number of aromatic nitrogens is 1. The van der Waals surface area contributed by atoms with E-state index in [1.165, 1.54) is 82.6 Å². The maximum absolute atomic E-state index is 2.45. The summed E-state index contributed by atoms with van der Waals surface area (Å²) in [5.41, 5.74) is 17.4. The molecule has 0 amide bonds. The van der Waals surface area contributed by atoms with Crippen LogP contribution in [0.1, 0.15) is 25.0 Å². The van der Waals surface area contributed by atoms with E-state index < -0.39 is 0 Å². The van der Waals surface area contributed by atoms with Gasteiger partial charge in [0.05, 0.1) is 16.6 Å². The summed E-state index contributed by atoms with van der Waals surface area (Å²) in [6.07, 6.45) is 0. The van der Waals surface area contributed by atoms with Crippen LogP contribution in [0.2, 0.25) is 0 Å². The summed E-state index contributed by atoms with van der Waals surface area (Å²) in [4.78, 5) is 2.42. The number of nitrogens with zero attached hydrogens (tertiary/aromatic N) is 2.